The number of anilines is 1. The average Bonchev–Trinajstić information content (AvgIpc) is 2.99. The molecule has 0 aliphatic heterocycles. The Morgan fingerprint density at radius 3 is 2.66 bits per heavy atom. The molecule has 0 aliphatic rings. The number of carbonyl (C=O) groups is 1. The molecule has 0 unspecified atom stereocenters. The molecule has 29 heavy (non-hydrogen) atoms. The number of thiazole rings is 1. The molecule has 0 fully saturated rings. The molecule has 4 aromatic rings. The molecule has 0 saturated heterocycles. The molecule has 0 saturated carbocycles. The predicted molar refractivity (Wildman–Crippen MR) is 117 cm³/mol. The van der Waals surface area contributed by atoms with Crippen molar-refractivity contribution < 1.29 is 4.79 Å². The molecule has 2 N–H and O–H groups in total. The highest BCUT2D eigenvalue weighted by Crippen LogP contribution is 2.37. The molecular weight excluding hydrogens is 384 g/mol. The second kappa shape index (κ2) is 8.20. The highest BCUT2D eigenvalue weighted by Gasteiger charge is 2.15. The maximum absolute atomic E-state index is 12.0. The molecular formula is C22H18N4O2S. The Hall–Kier alpha value is -3.58. The first-order chi connectivity index (χ1) is 14.1. The fourth-order valence-corrected chi connectivity index (χ4v) is 3.97. The maximum atomic E-state index is 12.0. The first kappa shape index (κ1) is 18.8. The zero-order valence-corrected chi connectivity index (χ0v) is 16.5. The van der Waals surface area contributed by atoms with Gasteiger partial charge in [-0.3, -0.25) is 15.1 Å². The van der Waals surface area contributed by atoms with E-state index in [1.54, 1.807) is 18.3 Å². The van der Waals surface area contributed by atoms with E-state index < -0.39 is 0 Å². The van der Waals surface area contributed by atoms with Crippen molar-refractivity contribution in [3.8, 4) is 22.4 Å². The van der Waals surface area contributed by atoms with Gasteiger partial charge in [-0.25, -0.2) is 9.78 Å². The van der Waals surface area contributed by atoms with Gasteiger partial charge in [0.1, 0.15) is 0 Å². The Morgan fingerprint density at radius 2 is 1.86 bits per heavy atom. The number of hydrogen-bond donors (Lipinski definition) is 2. The average molecular weight is 402 g/mol. The van der Waals surface area contributed by atoms with Crippen LogP contribution in [0.25, 0.3) is 32.6 Å². The van der Waals surface area contributed by atoms with Gasteiger partial charge in [0.25, 0.3) is 0 Å². The van der Waals surface area contributed by atoms with Crippen LogP contribution < -0.4 is 16.1 Å². The first-order valence-electron chi connectivity index (χ1n) is 9.15. The number of rotatable bonds is 4. The summed E-state index contributed by atoms with van der Waals surface area (Å²) in [5.74, 6) is 0. The van der Waals surface area contributed by atoms with Crippen LogP contribution in [0.5, 0.6) is 0 Å². The highest BCUT2D eigenvalue weighted by atomic mass is 32.1. The van der Waals surface area contributed by atoms with Crippen molar-refractivity contribution in [2.24, 2.45) is 0 Å². The summed E-state index contributed by atoms with van der Waals surface area (Å²) in [5, 5.41) is 5.98. The van der Waals surface area contributed by atoms with Crippen molar-refractivity contribution in [2.75, 3.05) is 11.9 Å². The fourth-order valence-electron chi connectivity index (χ4n) is 3.01. The number of hydrogen-bond acceptors (Lipinski definition) is 5. The molecule has 2 aromatic carbocycles. The lowest BCUT2D eigenvalue weighted by atomic mass is 10.0. The number of nitrogens with one attached hydrogen (secondary N) is 2. The molecule has 2 heterocycles. The number of amides is 2. The van der Waals surface area contributed by atoms with Crippen LogP contribution in [-0.4, -0.2) is 22.5 Å². The van der Waals surface area contributed by atoms with E-state index in [1.807, 2.05) is 49.4 Å². The van der Waals surface area contributed by atoms with Crippen molar-refractivity contribution in [1.82, 2.24) is 15.3 Å². The van der Waals surface area contributed by atoms with Crippen molar-refractivity contribution in [3.63, 3.8) is 0 Å². The Balaban J connectivity index is 1.90. The van der Waals surface area contributed by atoms with Crippen molar-refractivity contribution in [3.05, 3.63) is 77.1 Å². The van der Waals surface area contributed by atoms with Crippen LogP contribution in [0.4, 0.5) is 9.93 Å². The van der Waals surface area contributed by atoms with Crippen LogP contribution in [-0.2, 0) is 0 Å². The SMILES string of the molecule is CCNC(=O)Nc1nc2cc(-c3ccccc(=O)c3)cc(-c3ccccn3)c2s1. The Labute approximate surface area is 171 Å². The van der Waals surface area contributed by atoms with E-state index in [1.165, 1.54) is 17.4 Å². The molecule has 0 spiro atoms. The summed E-state index contributed by atoms with van der Waals surface area (Å²) in [7, 11) is 0. The summed E-state index contributed by atoms with van der Waals surface area (Å²) in [6.45, 7) is 2.39. The standard InChI is InChI=1S/C22H18N4O2S/c1-2-23-21(28)26-22-25-19-13-15(14-7-3-4-8-16(27)11-14)12-17(20(19)29-22)18-9-5-6-10-24-18/h3-13H,2H2,1H3,(H2,23,25,26,28). The number of urea groups is 1. The van der Waals surface area contributed by atoms with Crippen molar-refractivity contribution in [2.45, 2.75) is 6.92 Å². The van der Waals surface area contributed by atoms with E-state index in [2.05, 4.69) is 20.6 Å². The Kier molecular flexibility index (Phi) is 5.31. The van der Waals surface area contributed by atoms with Crippen LogP contribution in [0.1, 0.15) is 6.92 Å². The first-order valence-corrected chi connectivity index (χ1v) is 9.97. The number of pyridine rings is 1. The van der Waals surface area contributed by atoms with Gasteiger partial charge in [-0.1, -0.05) is 35.6 Å². The monoisotopic (exact) mass is 402 g/mol. The lowest BCUT2D eigenvalue weighted by molar-refractivity contribution is 0.252. The quantitative estimate of drug-likeness (QED) is 0.525. The van der Waals surface area contributed by atoms with Crippen LogP contribution in [0, 0.1) is 0 Å². The van der Waals surface area contributed by atoms with Crippen LogP contribution in [0.2, 0.25) is 0 Å². The van der Waals surface area contributed by atoms with Gasteiger partial charge in [0, 0.05) is 18.3 Å². The minimum atomic E-state index is -0.294. The zero-order valence-electron chi connectivity index (χ0n) is 15.7. The van der Waals surface area contributed by atoms with Gasteiger partial charge in [0.2, 0.25) is 0 Å². The van der Waals surface area contributed by atoms with E-state index >= 15 is 0 Å². The summed E-state index contributed by atoms with van der Waals surface area (Å²) in [5.41, 5.74) is 4.03. The van der Waals surface area contributed by atoms with E-state index in [-0.39, 0.29) is 11.5 Å². The Morgan fingerprint density at radius 1 is 1.03 bits per heavy atom. The van der Waals surface area contributed by atoms with Gasteiger partial charge in [-0.15, -0.1) is 0 Å². The summed E-state index contributed by atoms with van der Waals surface area (Å²) in [4.78, 5) is 33.0. The second-order valence-electron chi connectivity index (χ2n) is 6.31. The molecule has 0 atom stereocenters. The number of carbonyl (C=O) groups excluding carboxylic acids is 1. The molecule has 4 rings (SSSR count). The molecule has 6 nitrogen and oxygen atoms in total. The van der Waals surface area contributed by atoms with Crippen molar-refractivity contribution in [1.29, 1.82) is 0 Å². The number of aromatic nitrogens is 2. The summed E-state index contributed by atoms with van der Waals surface area (Å²) in [6.07, 6.45) is 1.74. The van der Waals surface area contributed by atoms with Gasteiger partial charge in [0.15, 0.2) is 10.6 Å². The summed E-state index contributed by atoms with van der Waals surface area (Å²) >= 11 is 1.39. The minimum Gasteiger partial charge on any atom is -0.338 e. The third-order valence-electron chi connectivity index (χ3n) is 4.27. The molecule has 2 amide bonds. The van der Waals surface area contributed by atoms with E-state index in [0.717, 1.165) is 32.6 Å². The summed E-state index contributed by atoms with van der Waals surface area (Å²) in [6, 6.07) is 17.9. The van der Waals surface area contributed by atoms with Gasteiger partial charge >= 0.3 is 6.03 Å². The lowest BCUT2D eigenvalue weighted by Gasteiger charge is -2.06. The van der Waals surface area contributed by atoms with Crippen LogP contribution in [0.15, 0.2) is 71.7 Å². The number of nitrogens with zero attached hydrogens (tertiary/aromatic N) is 2. The van der Waals surface area contributed by atoms with E-state index in [0.29, 0.717) is 11.7 Å². The third-order valence-corrected chi connectivity index (χ3v) is 5.29. The molecule has 7 heteroatoms. The molecule has 144 valence electrons. The maximum Gasteiger partial charge on any atom is 0.321 e. The fraction of sp³-hybridized carbons (Fsp3) is 0.0909. The summed E-state index contributed by atoms with van der Waals surface area (Å²) < 4.78 is 0.918. The molecule has 0 radical (unpaired) electrons. The van der Waals surface area contributed by atoms with Crippen molar-refractivity contribution >= 4 is 32.7 Å². The topological polar surface area (TPSA) is 84.0 Å². The minimum absolute atomic E-state index is 0.0682. The molecule has 2 aromatic heterocycles. The van der Waals surface area contributed by atoms with Gasteiger partial charge in [0.05, 0.1) is 15.9 Å². The normalized spacial score (nSPS) is 10.7. The van der Waals surface area contributed by atoms with Crippen LogP contribution >= 0.6 is 11.3 Å². The highest BCUT2D eigenvalue weighted by molar-refractivity contribution is 7.22. The van der Waals surface area contributed by atoms with Crippen LogP contribution in [0.3, 0.4) is 0 Å². The van der Waals surface area contributed by atoms with E-state index in [4.69, 9.17) is 0 Å². The third kappa shape index (κ3) is 4.14. The smallest absolute Gasteiger partial charge is 0.321 e. The van der Waals surface area contributed by atoms with E-state index in [9.17, 15) is 9.59 Å². The van der Waals surface area contributed by atoms with Gasteiger partial charge in [-0.2, -0.15) is 0 Å². The zero-order chi connectivity index (χ0) is 20.2. The Bertz CT molecular complexity index is 1240. The predicted octanol–water partition coefficient (Wildman–Crippen LogP) is 4.53. The largest absolute Gasteiger partial charge is 0.338 e. The molecule has 0 aliphatic carbocycles. The van der Waals surface area contributed by atoms with Gasteiger partial charge < -0.3 is 5.32 Å². The lowest BCUT2D eigenvalue weighted by Crippen LogP contribution is -2.28. The number of benzene rings is 1. The molecule has 0 bridgehead atoms. The van der Waals surface area contributed by atoms with Gasteiger partial charge in [-0.05, 0) is 54.4 Å². The number of fused-ring (bicyclic) bond motifs is 1. The second-order valence-corrected chi connectivity index (χ2v) is 7.31.